The number of carbonyl (C=O) groups is 1. The van der Waals surface area contributed by atoms with Crippen LogP contribution in [0.4, 0.5) is 0 Å². The van der Waals surface area contributed by atoms with Crippen LogP contribution >= 0.6 is 0 Å². The second kappa shape index (κ2) is 5.21. The lowest BCUT2D eigenvalue weighted by Crippen LogP contribution is -2.21. The van der Waals surface area contributed by atoms with E-state index in [1.807, 2.05) is 24.3 Å². The molecule has 2 atom stereocenters. The van der Waals surface area contributed by atoms with Gasteiger partial charge in [-0.2, -0.15) is 0 Å². The molecule has 0 spiro atoms. The highest BCUT2D eigenvalue weighted by Gasteiger charge is 2.17. The fourth-order valence-electron chi connectivity index (χ4n) is 1.29. The van der Waals surface area contributed by atoms with Gasteiger partial charge in [0.25, 0.3) is 0 Å². The van der Waals surface area contributed by atoms with E-state index in [0.717, 1.165) is 6.42 Å². The van der Waals surface area contributed by atoms with Crippen molar-refractivity contribution < 1.29 is 9.00 Å². The quantitative estimate of drug-likeness (QED) is 0.735. The van der Waals surface area contributed by atoms with E-state index in [1.54, 1.807) is 13.2 Å². The first-order chi connectivity index (χ1) is 7.06. The van der Waals surface area contributed by atoms with Crippen molar-refractivity contribution in [3.05, 3.63) is 35.4 Å². The summed E-state index contributed by atoms with van der Waals surface area (Å²) in [7, 11) is -1.10. The smallest absolute Gasteiger partial charge is 0.178 e. The summed E-state index contributed by atoms with van der Waals surface area (Å²) < 4.78 is 11.2. The van der Waals surface area contributed by atoms with Crippen molar-refractivity contribution in [3.63, 3.8) is 0 Å². The first-order valence-corrected chi connectivity index (χ1v) is 6.63. The Labute approximate surface area is 93.2 Å². The van der Waals surface area contributed by atoms with Crippen molar-refractivity contribution in [2.75, 3.05) is 6.26 Å². The summed E-state index contributed by atoms with van der Waals surface area (Å²) in [6, 6.07) is 7.51. The molecule has 0 heterocycles. The van der Waals surface area contributed by atoms with Gasteiger partial charge in [-0.1, -0.05) is 31.2 Å². The monoisotopic (exact) mass is 224 g/mol. The Kier molecular flexibility index (Phi) is 4.21. The van der Waals surface area contributed by atoms with Gasteiger partial charge in [0.1, 0.15) is 0 Å². The summed E-state index contributed by atoms with van der Waals surface area (Å²) >= 11 is 0. The highest BCUT2D eigenvalue weighted by atomic mass is 32.2. The molecule has 15 heavy (non-hydrogen) atoms. The Morgan fingerprint density at radius 1 is 1.33 bits per heavy atom. The third kappa shape index (κ3) is 2.99. The van der Waals surface area contributed by atoms with Crippen molar-refractivity contribution >= 4 is 16.6 Å². The fourth-order valence-corrected chi connectivity index (χ4v) is 1.73. The van der Waals surface area contributed by atoms with Crippen molar-refractivity contribution in [1.29, 1.82) is 0 Å². The first-order valence-electron chi connectivity index (χ1n) is 5.01. The van der Waals surface area contributed by atoms with Crippen molar-refractivity contribution in [1.82, 2.24) is 0 Å². The Morgan fingerprint density at radius 3 is 2.27 bits per heavy atom. The SMILES string of the molecule is CCc1ccc(C(=O)C(C)S(C)=O)cc1. The molecule has 3 heteroatoms. The Bertz CT molecular complexity index is 368. The van der Waals surface area contributed by atoms with Gasteiger partial charge in [0, 0.05) is 22.6 Å². The van der Waals surface area contributed by atoms with E-state index in [-0.39, 0.29) is 5.78 Å². The second-order valence-corrected chi connectivity index (χ2v) is 5.26. The third-order valence-corrected chi connectivity index (χ3v) is 3.72. The van der Waals surface area contributed by atoms with E-state index in [1.165, 1.54) is 5.56 Å². The maximum atomic E-state index is 11.8. The molecule has 0 saturated heterocycles. The van der Waals surface area contributed by atoms with Crippen LogP contribution in [-0.4, -0.2) is 21.5 Å². The van der Waals surface area contributed by atoms with Crippen LogP contribution in [0.5, 0.6) is 0 Å². The van der Waals surface area contributed by atoms with Gasteiger partial charge in [0.2, 0.25) is 0 Å². The Balaban J connectivity index is 2.87. The highest BCUT2D eigenvalue weighted by molar-refractivity contribution is 7.85. The van der Waals surface area contributed by atoms with Crippen molar-refractivity contribution in [2.24, 2.45) is 0 Å². The number of rotatable bonds is 4. The summed E-state index contributed by atoms with van der Waals surface area (Å²) in [5.74, 6) is -0.0431. The molecule has 0 fully saturated rings. The van der Waals surface area contributed by atoms with Crippen LogP contribution in [-0.2, 0) is 17.2 Å². The van der Waals surface area contributed by atoms with Gasteiger partial charge in [0.15, 0.2) is 5.78 Å². The lowest BCUT2D eigenvalue weighted by Gasteiger charge is -2.07. The van der Waals surface area contributed by atoms with Gasteiger partial charge in [-0.3, -0.25) is 9.00 Å². The van der Waals surface area contributed by atoms with E-state index in [0.29, 0.717) is 5.56 Å². The van der Waals surface area contributed by atoms with Crippen LogP contribution in [0.25, 0.3) is 0 Å². The van der Waals surface area contributed by atoms with E-state index in [4.69, 9.17) is 0 Å². The highest BCUT2D eigenvalue weighted by Crippen LogP contribution is 2.09. The molecule has 0 N–H and O–H groups in total. The number of carbonyl (C=O) groups excluding carboxylic acids is 1. The molecule has 1 aromatic carbocycles. The number of ketones is 1. The molecule has 2 unspecified atom stereocenters. The molecule has 1 aromatic rings. The van der Waals surface area contributed by atoms with Gasteiger partial charge in [0.05, 0.1) is 5.25 Å². The standard InChI is InChI=1S/C12H16O2S/c1-4-10-5-7-11(8-6-10)12(13)9(2)15(3)14/h5-9H,4H2,1-3H3. The molecule has 0 aromatic heterocycles. The number of benzene rings is 1. The Morgan fingerprint density at radius 2 is 1.87 bits per heavy atom. The van der Waals surface area contributed by atoms with Gasteiger partial charge in [-0.05, 0) is 18.9 Å². The van der Waals surface area contributed by atoms with Crippen molar-refractivity contribution in [3.8, 4) is 0 Å². The third-order valence-electron chi connectivity index (χ3n) is 2.51. The Hall–Kier alpha value is -0.960. The molecule has 0 aliphatic carbocycles. The zero-order chi connectivity index (χ0) is 11.4. The van der Waals surface area contributed by atoms with Gasteiger partial charge in [-0.25, -0.2) is 0 Å². The topological polar surface area (TPSA) is 34.1 Å². The summed E-state index contributed by atoms with van der Waals surface area (Å²) in [6.07, 6.45) is 2.52. The number of hydrogen-bond acceptors (Lipinski definition) is 2. The van der Waals surface area contributed by atoms with Crippen molar-refractivity contribution in [2.45, 2.75) is 25.5 Å². The molecule has 2 nitrogen and oxygen atoms in total. The maximum Gasteiger partial charge on any atom is 0.178 e. The molecule has 0 amide bonds. The predicted molar refractivity (Wildman–Crippen MR) is 63.7 cm³/mol. The summed E-state index contributed by atoms with van der Waals surface area (Å²) in [5, 5.41) is -0.419. The van der Waals surface area contributed by atoms with Crippen LogP contribution in [0.15, 0.2) is 24.3 Å². The lowest BCUT2D eigenvalue weighted by atomic mass is 10.1. The number of aryl methyl sites for hydroxylation is 1. The van der Waals surface area contributed by atoms with E-state index < -0.39 is 16.0 Å². The molecular formula is C12H16O2S. The summed E-state index contributed by atoms with van der Waals surface area (Å²) in [6.45, 7) is 3.77. The van der Waals surface area contributed by atoms with Crippen LogP contribution in [0.1, 0.15) is 29.8 Å². The molecule has 82 valence electrons. The van der Waals surface area contributed by atoms with Gasteiger partial charge >= 0.3 is 0 Å². The molecule has 0 aliphatic rings. The predicted octanol–water partition coefficient (Wildman–Crippen LogP) is 2.20. The molecule has 0 radical (unpaired) electrons. The molecular weight excluding hydrogens is 208 g/mol. The average Bonchev–Trinajstić information content (AvgIpc) is 2.27. The molecule has 0 bridgehead atoms. The van der Waals surface area contributed by atoms with Crippen LogP contribution in [0.3, 0.4) is 0 Å². The second-order valence-electron chi connectivity index (χ2n) is 3.56. The largest absolute Gasteiger partial charge is 0.293 e. The minimum Gasteiger partial charge on any atom is -0.293 e. The van der Waals surface area contributed by atoms with Crippen LogP contribution in [0.2, 0.25) is 0 Å². The average molecular weight is 224 g/mol. The number of Topliss-reactive ketones (excluding diaryl/α,β-unsaturated/α-hetero) is 1. The van der Waals surface area contributed by atoms with Crippen LogP contribution < -0.4 is 0 Å². The number of hydrogen-bond donors (Lipinski definition) is 0. The normalized spacial score (nSPS) is 14.6. The molecule has 1 rings (SSSR count). The van der Waals surface area contributed by atoms with E-state index in [2.05, 4.69) is 6.92 Å². The molecule has 0 aliphatic heterocycles. The molecule has 0 saturated carbocycles. The minimum absolute atomic E-state index is 0.0431. The first kappa shape index (κ1) is 12.1. The summed E-state index contributed by atoms with van der Waals surface area (Å²) in [5.41, 5.74) is 1.85. The lowest BCUT2D eigenvalue weighted by molar-refractivity contribution is 0.0993. The zero-order valence-electron chi connectivity index (χ0n) is 9.32. The van der Waals surface area contributed by atoms with E-state index in [9.17, 15) is 9.00 Å². The van der Waals surface area contributed by atoms with E-state index >= 15 is 0 Å². The van der Waals surface area contributed by atoms with Gasteiger partial charge < -0.3 is 0 Å². The summed E-state index contributed by atoms with van der Waals surface area (Å²) in [4.78, 5) is 11.8. The zero-order valence-corrected chi connectivity index (χ0v) is 10.1. The minimum atomic E-state index is -1.10. The maximum absolute atomic E-state index is 11.8. The fraction of sp³-hybridized carbons (Fsp3) is 0.417. The van der Waals surface area contributed by atoms with Crippen LogP contribution in [0, 0.1) is 0 Å². The van der Waals surface area contributed by atoms with Gasteiger partial charge in [-0.15, -0.1) is 0 Å².